The van der Waals surface area contributed by atoms with Crippen LogP contribution in [-0.2, 0) is 97.3 Å². The highest BCUT2D eigenvalue weighted by Gasteiger charge is 2.19. The SMILES string of the molecule is CC(C)(C)OC(=O)CCC(=O)NCCO.CC(C)(C)OC(=O)CCC(=O)NCCOC(=O)Cc1ccc(-c2ccccc2)cc1.CCCC(=O)NCCOC(=O)Cc1ccc(-c2ccccc2)cc1.Cl.NCC(=O)NCCOC(=O)Cc1ccc(-c2ccccc2)cc1.O=C(O)Cc1ccc(-c2ccccc2)cc1. The number of ether oxygens (including phenoxy) is 5. The lowest BCUT2D eigenvalue weighted by molar-refractivity contribution is -0.156. The smallest absolute Gasteiger partial charge is 0.310 e. The first-order chi connectivity index (χ1) is 51.7. The van der Waals surface area contributed by atoms with Crippen LogP contribution < -0.4 is 27.0 Å². The lowest BCUT2D eigenvalue weighted by Crippen LogP contribution is -2.33. The maximum Gasteiger partial charge on any atom is 0.310 e. The summed E-state index contributed by atoms with van der Waals surface area (Å²) >= 11 is 0. The van der Waals surface area contributed by atoms with E-state index in [0.717, 1.165) is 73.2 Å². The molecule has 0 aliphatic rings. The molecule has 22 nitrogen and oxygen atoms in total. The monoisotopic (exact) mass is 1510 g/mol. The molecule has 0 aliphatic heterocycles. The van der Waals surface area contributed by atoms with Crippen molar-refractivity contribution in [2.24, 2.45) is 5.73 Å². The number of halogens is 1. The van der Waals surface area contributed by atoms with Crippen molar-refractivity contribution in [3.8, 4) is 44.5 Å². The fraction of sp³-hybridized carbons (Fsp3) is 0.326. The summed E-state index contributed by atoms with van der Waals surface area (Å²) in [5.74, 6) is -3.38. The average Bonchev–Trinajstić information content (AvgIpc) is 0.883. The van der Waals surface area contributed by atoms with Gasteiger partial charge in [0.2, 0.25) is 23.6 Å². The highest BCUT2D eigenvalue weighted by molar-refractivity contribution is 5.85. The molecule has 109 heavy (non-hydrogen) atoms. The third-order valence-electron chi connectivity index (χ3n) is 14.8. The van der Waals surface area contributed by atoms with Gasteiger partial charge in [0, 0.05) is 25.8 Å². The van der Waals surface area contributed by atoms with Crippen molar-refractivity contribution in [1.29, 1.82) is 0 Å². The summed E-state index contributed by atoms with van der Waals surface area (Å²) in [5.41, 5.74) is 16.5. The fourth-order valence-electron chi connectivity index (χ4n) is 9.65. The van der Waals surface area contributed by atoms with Crippen LogP contribution in [-0.4, -0.2) is 140 Å². The van der Waals surface area contributed by atoms with E-state index >= 15 is 0 Å². The van der Waals surface area contributed by atoms with Gasteiger partial charge in [-0.25, -0.2) is 0 Å². The van der Waals surface area contributed by atoms with E-state index in [4.69, 9.17) is 39.6 Å². The molecule has 8 aromatic carbocycles. The minimum atomic E-state index is -0.799. The van der Waals surface area contributed by atoms with Crippen molar-refractivity contribution < 1.29 is 81.8 Å². The zero-order valence-corrected chi connectivity index (χ0v) is 64.0. The first kappa shape index (κ1) is 91.9. The number of esters is 5. The van der Waals surface area contributed by atoms with Crippen LogP contribution in [0.25, 0.3) is 44.5 Å². The van der Waals surface area contributed by atoms with Crippen molar-refractivity contribution >= 4 is 71.9 Å². The van der Waals surface area contributed by atoms with Gasteiger partial charge in [-0.2, -0.15) is 0 Å². The Labute approximate surface area is 645 Å². The molecule has 23 heteroatoms. The maximum absolute atomic E-state index is 12.0. The van der Waals surface area contributed by atoms with Gasteiger partial charge < -0.3 is 60.9 Å². The fourth-order valence-corrected chi connectivity index (χ4v) is 9.65. The van der Waals surface area contributed by atoms with Gasteiger partial charge in [0.15, 0.2) is 0 Å². The number of aliphatic hydroxyl groups excluding tert-OH is 1. The zero-order valence-electron chi connectivity index (χ0n) is 63.2. The summed E-state index contributed by atoms with van der Waals surface area (Å²) in [6, 6.07) is 71.2. The van der Waals surface area contributed by atoms with Crippen LogP contribution in [0.4, 0.5) is 0 Å². The normalized spacial score (nSPS) is 10.4. The van der Waals surface area contributed by atoms with Crippen LogP contribution in [0, 0.1) is 0 Å². The van der Waals surface area contributed by atoms with Crippen molar-refractivity contribution in [1.82, 2.24) is 21.3 Å². The summed E-state index contributed by atoms with van der Waals surface area (Å²) in [5, 5.41) is 27.4. The molecular formula is C86H104ClN5O17. The minimum absolute atomic E-state index is 0. The van der Waals surface area contributed by atoms with Gasteiger partial charge in [-0.1, -0.05) is 225 Å². The Morgan fingerprint density at radius 3 is 0.826 bits per heavy atom. The highest BCUT2D eigenvalue weighted by Crippen LogP contribution is 2.24. The van der Waals surface area contributed by atoms with Crippen molar-refractivity contribution in [2.75, 3.05) is 59.2 Å². The molecule has 8 aromatic rings. The van der Waals surface area contributed by atoms with Gasteiger partial charge in [-0.15, -0.1) is 12.4 Å². The topological polar surface area (TPSA) is 331 Å². The quantitative estimate of drug-likeness (QED) is 0.0117. The molecule has 0 aliphatic carbocycles. The third-order valence-corrected chi connectivity index (χ3v) is 14.8. The number of nitrogens with two attached hydrogens (primary N) is 1. The van der Waals surface area contributed by atoms with Crippen LogP contribution in [0.1, 0.15) is 109 Å². The third kappa shape index (κ3) is 42.6. The maximum atomic E-state index is 12.0. The molecule has 0 saturated heterocycles. The number of rotatable bonds is 32. The molecule has 0 saturated carbocycles. The largest absolute Gasteiger partial charge is 0.481 e. The summed E-state index contributed by atoms with van der Waals surface area (Å²) < 4.78 is 25.5. The number of carboxylic acids is 1. The minimum Gasteiger partial charge on any atom is -0.481 e. The molecule has 8 N–H and O–H groups in total. The summed E-state index contributed by atoms with van der Waals surface area (Å²) in [7, 11) is 0. The molecular weight excluding hydrogens is 1410 g/mol. The molecule has 0 unspecified atom stereocenters. The molecule has 0 spiro atoms. The molecule has 582 valence electrons. The molecule has 0 fully saturated rings. The molecule has 0 atom stereocenters. The summed E-state index contributed by atoms with van der Waals surface area (Å²) in [6.45, 7) is 13.9. The number of carbonyl (C=O) groups excluding carboxylic acids is 9. The van der Waals surface area contributed by atoms with Gasteiger partial charge in [0.05, 0.1) is 71.3 Å². The summed E-state index contributed by atoms with van der Waals surface area (Å²) in [6.07, 6.45) is 2.21. The van der Waals surface area contributed by atoms with Gasteiger partial charge in [-0.05, 0) is 115 Å². The Hall–Kier alpha value is -11.3. The second-order valence-corrected chi connectivity index (χ2v) is 26.3. The van der Waals surface area contributed by atoms with E-state index in [9.17, 15) is 47.9 Å². The van der Waals surface area contributed by atoms with Crippen LogP contribution in [0.15, 0.2) is 218 Å². The Kier molecular flexibility index (Phi) is 43.7. The molecule has 0 heterocycles. The predicted octanol–water partition coefficient (Wildman–Crippen LogP) is 12.2. The molecule has 8 rings (SSSR count). The van der Waals surface area contributed by atoms with Gasteiger partial charge in [0.1, 0.15) is 31.0 Å². The van der Waals surface area contributed by atoms with Crippen molar-refractivity contribution in [3.05, 3.63) is 241 Å². The van der Waals surface area contributed by atoms with Gasteiger partial charge >= 0.3 is 35.8 Å². The number of carboxylic acid groups (broad SMARTS) is 1. The van der Waals surface area contributed by atoms with Crippen molar-refractivity contribution in [3.63, 3.8) is 0 Å². The molecule has 0 aromatic heterocycles. The van der Waals surface area contributed by atoms with Gasteiger partial charge in [-0.3, -0.25) is 47.9 Å². The first-order valence-electron chi connectivity index (χ1n) is 35.8. The number of hydrogen-bond acceptors (Lipinski definition) is 17. The molecule has 4 amide bonds. The Bertz CT molecular complexity index is 4010. The van der Waals surface area contributed by atoms with E-state index in [1.165, 1.54) is 0 Å². The number of aliphatic carboxylic acids is 1. The van der Waals surface area contributed by atoms with E-state index < -0.39 is 23.1 Å². The van der Waals surface area contributed by atoms with E-state index in [1.54, 1.807) is 41.5 Å². The number of carbonyl (C=O) groups is 10. The standard InChI is InChI=1S/C24H29NO5.C20H23NO3.C18H20N2O3.C14H12O2.C10H19NO4.ClH/c1-24(2,3)30-22(27)14-13-21(26)25-15-16-29-23(28)17-18-9-11-20(12-10-18)19-7-5-4-6-8-19;1-2-6-19(22)21-13-14-24-20(23)15-16-9-11-18(12-10-16)17-7-4-3-5-8-17;19-13-17(21)20-10-11-23-18(22)12-14-6-8-16(9-7-14)15-4-2-1-3-5-15;15-14(16)10-11-6-8-13(9-7-11)12-4-2-1-3-5-12;1-10(2,3)15-9(14)5-4-8(13)11-6-7-12;/h4-12H,13-17H2,1-3H3,(H,25,26);3-5,7-12H,2,6,13-15H2,1H3,(H,21,22);1-9H,10-13,19H2,(H,20,21);1-9H,10H2,(H,15,16);12H,4-7H2,1-3H3,(H,11,13);1H. The molecule has 0 radical (unpaired) electrons. The average molecular weight is 1520 g/mol. The second-order valence-electron chi connectivity index (χ2n) is 26.3. The Morgan fingerprint density at radius 1 is 0.330 bits per heavy atom. The lowest BCUT2D eigenvalue weighted by atomic mass is 10.0. The lowest BCUT2D eigenvalue weighted by Gasteiger charge is -2.19. The van der Waals surface area contributed by atoms with E-state index in [0.29, 0.717) is 13.0 Å². The van der Waals surface area contributed by atoms with E-state index in [1.807, 2.05) is 213 Å². The number of hydrogen-bond donors (Lipinski definition) is 7. The van der Waals surface area contributed by atoms with Crippen LogP contribution in [0.5, 0.6) is 0 Å². The molecule has 0 bridgehead atoms. The zero-order chi connectivity index (χ0) is 79.0. The highest BCUT2D eigenvalue weighted by atomic mass is 35.5. The number of aliphatic hydroxyl groups is 1. The first-order valence-corrected chi connectivity index (χ1v) is 35.8. The van der Waals surface area contributed by atoms with Crippen LogP contribution in [0.2, 0.25) is 0 Å². The number of benzene rings is 8. The van der Waals surface area contributed by atoms with Crippen LogP contribution >= 0.6 is 12.4 Å². The number of nitrogens with one attached hydrogen (secondary N) is 4. The van der Waals surface area contributed by atoms with E-state index in [2.05, 4.69) is 33.4 Å². The summed E-state index contributed by atoms with van der Waals surface area (Å²) in [4.78, 5) is 114. The number of amides is 4. The van der Waals surface area contributed by atoms with Crippen LogP contribution in [0.3, 0.4) is 0 Å². The Morgan fingerprint density at radius 2 is 0.578 bits per heavy atom. The van der Waals surface area contributed by atoms with Crippen molar-refractivity contribution in [2.45, 2.75) is 124 Å². The second kappa shape index (κ2) is 51.8. The van der Waals surface area contributed by atoms with E-state index in [-0.39, 0.29) is 164 Å². The predicted molar refractivity (Wildman–Crippen MR) is 423 cm³/mol. The Balaban J connectivity index is 0.000000360. The van der Waals surface area contributed by atoms with Gasteiger partial charge in [0.25, 0.3) is 0 Å².